The molecule has 2 rings (SSSR count). The zero-order valence-corrected chi connectivity index (χ0v) is 9.29. The van der Waals surface area contributed by atoms with Gasteiger partial charge in [-0.15, -0.1) is 0 Å². The topological polar surface area (TPSA) is 115 Å². The standard InChI is InChI=1S/C8H8N4O4S/c13-12(14)7-3-9-8(10-4-7)11-6-1-2-17(15,16)5-6/h1-4,6H,5H2,(H,9,10,11). The van der Waals surface area contributed by atoms with Crippen molar-refractivity contribution in [1.82, 2.24) is 9.97 Å². The van der Waals surface area contributed by atoms with E-state index in [4.69, 9.17) is 0 Å². The van der Waals surface area contributed by atoms with Gasteiger partial charge >= 0.3 is 5.69 Å². The van der Waals surface area contributed by atoms with Crippen LogP contribution in [0.2, 0.25) is 0 Å². The van der Waals surface area contributed by atoms with Crippen molar-refractivity contribution >= 4 is 21.5 Å². The predicted octanol–water partition coefficient (Wildman–Crippen LogP) is 0.107. The first kappa shape index (κ1) is 11.5. The van der Waals surface area contributed by atoms with Gasteiger partial charge in [-0.25, -0.2) is 18.4 Å². The van der Waals surface area contributed by atoms with Crippen molar-refractivity contribution in [1.29, 1.82) is 0 Å². The lowest BCUT2D eigenvalue weighted by Gasteiger charge is -2.08. The van der Waals surface area contributed by atoms with E-state index in [-0.39, 0.29) is 17.4 Å². The molecule has 90 valence electrons. The van der Waals surface area contributed by atoms with Crippen LogP contribution in [0.25, 0.3) is 0 Å². The van der Waals surface area contributed by atoms with Gasteiger partial charge in [0, 0.05) is 5.41 Å². The smallest absolute Gasteiger partial charge is 0.305 e. The molecule has 0 bridgehead atoms. The van der Waals surface area contributed by atoms with E-state index in [1.807, 2.05) is 0 Å². The lowest BCUT2D eigenvalue weighted by molar-refractivity contribution is -0.385. The molecule has 1 atom stereocenters. The highest BCUT2D eigenvalue weighted by Gasteiger charge is 2.22. The molecule has 0 radical (unpaired) electrons. The lowest BCUT2D eigenvalue weighted by atomic mass is 10.3. The van der Waals surface area contributed by atoms with E-state index >= 15 is 0 Å². The Morgan fingerprint density at radius 2 is 2.06 bits per heavy atom. The first-order valence-electron chi connectivity index (χ1n) is 4.60. The fraction of sp³-hybridized carbons (Fsp3) is 0.250. The molecule has 1 aromatic rings. The van der Waals surface area contributed by atoms with Crippen molar-refractivity contribution in [3.63, 3.8) is 0 Å². The average molecular weight is 256 g/mol. The van der Waals surface area contributed by atoms with Crippen molar-refractivity contribution in [3.05, 3.63) is 34.0 Å². The molecule has 1 unspecified atom stereocenters. The second-order valence-corrected chi connectivity index (χ2v) is 5.36. The van der Waals surface area contributed by atoms with Gasteiger partial charge in [-0.3, -0.25) is 10.1 Å². The zero-order chi connectivity index (χ0) is 12.5. The Kier molecular flexibility index (Phi) is 2.76. The molecular formula is C8H8N4O4S. The van der Waals surface area contributed by atoms with Gasteiger partial charge in [0.25, 0.3) is 0 Å². The minimum atomic E-state index is -3.14. The summed E-state index contributed by atoms with van der Waals surface area (Å²) >= 11 is 0. The summed E-state index contributed by atoms with van der Waals surface area (Å²) in [7, 11) is -3.14. The number of sulfone groups is 1. The number of nitro groups is 1. The predicted molar refractivity (Wildman–Crippen MR) is 59.0 cm³/mol. The molecule has 0 fully saturated rings. The third-order valence-electron chi connectivity index (χ3n) is 2.09. The highest BCUT2D eigenvalue weighted by Crippen LogP contribution is 2.13. The Morgan fingerprint density at radius 3 is 2.53 bits per heavy atom. The second-order valence-electron chi connectivity index (χ2n) is 3.43. The molecule has 9 heteroatoms. The third kappa shape index (κ3) is 2.75. The number of anilines is 1. The van der Waals surface area contributed by atoms with Crippen molar-refractivity contribution in [3.8, 4) is 0 Å². The van der Waals surface area contributed by atoms with Crippen LogP contribution in [0, 0.1) is 10.1 Å². The lowest BCUT2D eigenvalue weighted by Crippen LogP contribution is -2.22. The van der Waals surface area contributed by atoms with Crippen molar-refractivity contribution in [2.75, 3.05) is 11.1 Å². The van der Waals surface area contributed by atoms with Crippen LogP contribution in [0.5, 0.6) is 0 Å². The number of nitrogens with one attached hydrogen (secondary N) is 1. The van der Waals surface area contributed by atoms with Gasteiger partial charge in [0.1, 0.15) is 12.4 Å². The molecule has 0 amide bonds. The Labute approximate surface area is 96.5 Å². The number of rotatable bonds is 3. The molecule has 2 heterocycles. The van der Waals surface area contributed by atoms with Crippen LogP contribution in [0.15, 0.2) is 23.9 Å². The maximum absolute atomic E-state index is 11.1. The van der Waals surface area contributed by atoms with Gasteiger partial charge < -0.3 is 5.32 Å². The number of hydrogen-bond donors (Lipinski definition) is 1. The highest BCUT2D eigenvalue weighted by molar-refractivity contribution is 7.94. The Bertz CT molecular complexity index is 566. The first-order valence-corrected chi connectivity index (χ1v) is 6.32. The van der Waals surface area contributed by atoms with E-state index in [0.29, 0.717) is 0 Å². The fourth-order valence-electron chi connectivity index (χ4n) is 1.32. The Hall–Kier alpha value is -2.03. The summed E-state index contributed by atoms with van der Waals surface area (Å²) in [4.78, 5) is 17.2. The molecule has 17 heavy (non-hydrogen) atoms. The van der Waals surface area contributed by atoms with E-state index in [1.54, 1.807) is 0 Å². The van der Waals surface area contributed by atoms with E-state index in [1.165, 1.54) is 6.08 Å². The fourth-order valence-corrected chi connectivity index (χ4v) is 2.56. The molecule has 1 aliphatic rings. The van der Waals surface area contributed by atoms with Crippen LogP contribution in [0.1, 0.15) is 0 Å². The highest BCUT2D eigenvalue weighted by atomic mass is 32.2. The molecule has 0 aliphatic carbocycles. The summed E-state index contributed by atoms with van der Waals surface area (Å²) in [6.07, 6.45) is 3.60. The minimum absolute atomic E-state index is 0.0622. The molecule has 1 aliphatic heterocycles. The SMILES string of the molecule is O=[N+]([O-])c1cnc(NC2C=CS(=O)(=O)C2)nc1. The quantitative estimate of drug-likeness (QED) is 0.602. The maximum atomic E-state index is 11.1. The summed E-state index contributed by atoms with van der Waals surface area (Å²) in [5, 5.41) is 14.2. The van der Waals surface area contributed by atoms with Crippen molar-refractivity contribution in [2.45, 2.75) is 6.04 Å². The average Bonchev–Trinajstić information content (AvgIpc) is 2.59. The monoisotopic (exact) mass is 256 g/mol. The summed E-state index contributed by atoms with van der Waals surface area (Å²) in [6, 6.07) is -0.401. The number of hydrogen-bond acceptors (Lipinski definition) is 7. The van der Waals surface area contributed by atoms with E-state index in [0.717, 1.165) is 17.8 Å². The molecule has 0 saturated carbocycles. The van der Waals surface area contributed by atoms with Crippen molar-refractivity contribution < 1.29 is 13.3 Å². The van der Waals surface area contributed by atoms with Crippen LogP contribution in [-0.2, 0) is 9.84 Å². The molecular weight excluding hydrogens is 248 g/mol. The molecule has 0 saturated heterocycles. The number of nitrogens with zero attached hydrogens (tertiary/aromatic N) is 3. The van der Waals surface area contributed by atoms with Gasteiger partial charge in [-0.05, 0) is 6.08 Å². The Balaban J connectivity index is 2.06. The molecule has 1 aromatic heterocycles. The van der Waals surface area contributed by atoms with E-state index in [2.05, 4.69) is 15.3 Å². The van der Waals surface area contributed by atoms with Gasteiger partial charge in [0.05, 0.1) is 16.7 Å². The maximum Gasteiger partial charge on any atom is 0.305 e. The second kappa shape index (κ2) is 4.09. The van der Waals surface area contributed by atoms with Crippen LogP contribution < -0.4 is 5.32 Å². The molecule has 8 nitrogen and oxygen atoms in total. The van der Waals surface area contributed by atoms with Crippen LogP contribution in [0.3, 0.4) is 0 Å². The summed E-state index contributed by atoms with van der Waals surface area (Å²) < 4.78 is 22.2. The van der Waals surface area contributed by atoms with Gasteiger partial charge in [0.2, 0.25) is 5.95 Å². The van der Waals surface area contributed by atoms with Gasteiger partial charge in [0.15, 0.2) is 9.84 Å². The summed E-state index contributed by atoms with van der Waals surface area (Å²) in [6.45, 7) is 0. The normalized spacial score (nSPS) is 21.3. The number of aromatic nitrogens is 2. The van der Waals surface area contributed by atoms with Crippen LogP contribution in [-0.4, -0.2) is 35.1 Å². The van der Waals surface area contributed by atoms with Crippen molar-refractivity contribution in [2.24, 2.45) is 0 Å². The Morgan fingerprint density at radius 1 is 1.41 bits per heavy atom. The largest absolute Gasteiger partial charge is 0.347 e. The third-order valence-corrected chi connectivity index (χ3v) is 3.49. The van der Waals surface area contributed by atoms with Gasteiger partial charge in [-0.2, -0.15) is 0 Å². The van der Waals surface area contributed by atoms with Gasteiger partial charge in [-0.1, -0.05) is 0 Å². The van der Waals surface area contributed by atoms with E-state index < -0.39 is 20.8 Å². The molecule has 0 spiro atoms. The summed E-state index contributed by atoms with van der Waals surface area (Å²) in [5.41, 5.74) is -0.217. The first-order chi connectivity index (χ1) is 7.96. The van der Waals surface area contributed by atoms with Crippen LogP contribution >= 0.6 is 0 Å². The van der Waals surface area contributed by atoms with Crippen LogP contribution in [0.4, 0.5) is 11.6 Å². The molecule has 1 N–H and O–H groups in total. The summed E-state index contributed by atoms with van der Waals surface area (Å²) in [5.74, 6) is 0.0928. The van der Waals surface area contributed by atoms with E-state index in [9.17, 15) is 18.5 Å². The minimum Gasteiger partial charge on any atom is -0.347 e. The molecule has 0 aromatic carbocycles. The zero-order valence-electron chi connectivity index (χ0n) is 8.48.